The van der Waals surface area contributed by atoms with Crippen LogP contribution in [0.2, 0.25) is 5.82 Å². The summed E-state index contributed by atoms with van der Waals surface area (Å²) in [5, 5.41) is 0. The van der Waals surface area contributed by atoms with Crippen LogP contribution in [0, 0.1) is 5.92 Å². The van der Waals surface area contributed by atoms with E-state index in [9.17, 15) is 18.9 Å². The van der Waals surface area contributed by atoms with Gasteiger partial charge < -0.3 is 19.0 Å². The highest BCUT2D eigenvalue weighted by Crippen LogP contribution is 2.54. The van der Waals surface area contributed by atoms with E-state index in [1.165, 1.54) is 13.4 Å². The molecule has 0 amide bonds. The van der Waals surface area contributed by atoms with Crippen molar-refractivity contribution in [3.63, 3.8) is 0 Å². The van der Waals surface area contributed by atoms with Gasteiger partial charge in [-0.05, 0) is 18.2 Å². The van der Waals surface area contributed by atoms with E-state index in [-0.39, 0.29) is 18.5 Å². The van der Waals surface area contributed by atoms with Gasteiger partial charge in [-0.25, -0.2) is 8.54 Å². The van der Waals surface area contributed by atoms with E-state index < -0.39 is 33.4 Å². The molecule has 0 aromatic carbocycles. The van der Waals surface area contributed by atoms with Gasteiger partial charge in [-0.2, -0.15) is 0 Å². The molecule has 3 unspecified atom stereocenters. The van der Waals surface area contributed by atoms with E-state index in [0.29, 0.717) is 18.5 Å². The minimum absolute atomic E-state index is 0.101. The molecule has 1 fully saturated rings. The SMILES string of the molecule is [B]C1C[C@H](CCP(=O)(O)OC)[C@@H](OP(=O)(O)OSC)[C@H]1OC. The smallest absolute Gasteiger partial charge is 0.379 e. The molecule has 2 N–H and O–H groups in total. The van der Waals surface area contributed by atoms with Gasteiger partial charge >= 0.3 is 15.4 Å². The average Bonchev–Trinajstić information content (AvgIpc) is 2.71. The van der Waals surface area contributed by atoms with Crippen LogP contribution in [0.3, 0.4) is 0 Å². The Hall–Kier alpha value is 0.635. The fourth-order valence-corrected chi connectivity index (χ4v) is 4.89. The fourth-order valence-electron chi connectivity index (χ4n) is 2.55. The van der Waals surface area contributed by atoms with E-state index in [1.807, 2.05) is 0 Å². The number of rotatable bonds is 9. The Bertz CT molecular complexity index is 453. The second kappa shape index (κ2) is 8.65. The lowest BCUT2D eigenvalue weighted by Gasteiger charge is -2.26. The number of hydrogen-bond acceptors (Lipinski definition) is 7. The first-order valence-corrected chi connectivity index (χ1v) is 11.0. The van der Waals surface area contributed by atoms with Crippen molar-refractivity contribution < 1.29 is 36.7 Å². The van der Waals surface area contributed by atoms with Crippen molar-refractivity contribution in [2.75, 3.05) is 26.6 Å². The van der Waals surface area contributed by atoms with Gasteiger partial charge in [0.1, 0.15) is 0 Å². The predicted octanol–water partition coefficient (Wildman–Crippen LogP) is 1.98. The van der Waals surface area contributed by atoms with Crippen molar-refractivity contribution >= 4 is 35.3 Å². The van der Waals surface area contributed by atoms with Crippen molar-refractivity contribution in [1.82, 2.24) is 0 Å². The molecule has 128 valence electrons. The highest BCUT2D eigenvalue weighted by molar-refractivity contribution is 7.97. The van der Waals surface area contributed by atoms with Crippen LogP contribution in [0.1, 0.15) is 12.8 Å². The van der Waals surface area contributed by atoms with Crippen molar-refractivity contribution in [1.29, 1.82) is 0 Å². The highest BCUT2D eigenvalue weighted by Gasteiger charge is 2.46. The molecule has 12 heteroatoms. The zero-order chi connectivity index (χ0) is 17.0. The van der Waals surface area contributed by atoms with Gasteiger partial charge in [0.25, 0.3) is 0 Å². The van der Waals surface area contributed by atoms with Gasteiger partial charge in [0, 0.05) is 32.5 Å². The predicted molar refractivity (Wildman–Crippen MR) is 84.0 cm³/mol. The van der Waals surface area contributed by atoms with Crippen LogP contribution in [0.5, 0.6) is 0 Å². The summed E-state index contributed by atoms with van der Waals surface area (Å²) in [5.41, 5.74) is 0. The molecule has 1 aliphatic rings. The Balaban J connectivity index is 2.81. The highest BCUT2D eigenvalue weighted by atomic mass is 32.2. The van der Waals surface area contributed by atoms with E-state index in [0.717, 1.165) is 7.11 Å². The first kappa shape index (κ1) is 20.7. The Morgan fingerprint density at radius 3 is 2.41 bits per heavy atom. The standard InChI is InChI=1S/C10H21BO8P2S/c1-16-10-8(11)6-7(4-5-20(12,13)17-2)9(10)18-21(14,15)19-22-3/h7-10H,4-6H2,1-3H3,(H,12,13)(H,14,15)/t7-,8?,9+,10-/m0/s1. The molecule has 2 radical (unpaired) electrons. The summed E-state index contributed by atoms with van der Waals surface area (Å²) in [6, 6.07) is 0. The summed E-state index contributed by atoms with van der Waals surface area (Å²) in [4.78, 5) is 19.1. The lowest BCUT2D eigenvalue weighted by molar-refractivity contribution is -0.00578. The Labute approximate surface area is 136 Å². The number of hydrogen-bond donors (Lipinski definition) is 2. The molecule has 0 aromatic heterocycles. The number of phosphoric acid groups is 1. The summed E-state index contributed by atoms with van der Waals surface area (Å²) < 4.78 is 42.9. The fraction of sp³-hybridized carbons (Fsp3) is 1.00. The third-order valence-electron chi connectivity index (χ3n) is 3.55. The van der Waals surface area contributed by atoms with Crippen LogP contribution < -0.4 is 0 Å². The van der Waals surface area contributed by atoms with Crippen molar-refractivity contribution in [2.45, 2.75) is 30.9 Å². The van der Waals surface area contributed by atoms with Crippen LogP contribution in [-0.2, 0) is 26.9 Å². The third-order valence-corrected chi connectivity index (χ3v) is 6.80. The molecule has 1 aliphatic carbocycles. The van der Waals surface area contributed by atoms with Gasteiger partial charge in [-0.15, -0.1) is 0 Å². The molecule has 0 heterocycles. The zero-order valence-corrected chi connectivity index (χ0v) is 15.3. The molecule has 8 nitrogen and oxygen atoms in total. The van der Waals surface area contributed by atoms with Gasteiger partial charge in [-0.1, -0.05) is 6.42 Å². The monoisotopic (exact) mass is 374 g/mol. The molecule has 6 atom stereocenters. The van der Waals surface area contributed by atoms with Crippen molar-refractivity contribution in [2.24, 2.45) is 5.92 Å². The molecule has 0 spiro atoms. The third kappa shape index (κ3) is 5.93. The molecule has 0 saturated heterocycles. The summed E-state index contributed by atoms with van der Waals surface area (Å²) in [7, 11) is 0.596. The maximum absolute atomic E-state index is 11.8. The van der Waals surface area contributed by atoms with Crippen LogP contribution in [0.25, 0.3) is 0 Å². The lowest BCUT2D eigenvalue weighted by atomic mass is 9.83. The van der Waals surface area contributed by atoms with Crippen LogP contribution >= 0.6 is 27.5 Å². The molecule has 0 bridgehead atoms. The first-order valence-electron chi connectivity index (χ1n) is 6.55. The maximum atomic E-state index is 11.8. The van der Waals surface area contributed by atoms with Crippen molar-refractivity contribution in [3.8, 4) is 0 Å². The maximum Gasteiger partial charge on any atom is 0.483 e. The second-order valence-electron chi connectivity index (χ2n) is 4.97. The topological polar surface area (TPSA) is 112 Å². The molecule has 1 saturated carbocycles. The van der Waals surface area contributed by atoms with E-state index in [2.05, 4.69) is 8.49 Å². The number of phosphoric ester groups is 1. The summed E-state index contributed by atoms with van der Waals surface area (Å²) in [6.45, 7) is 0. The average molecular weight is 374 g/mol. The van der Waals surface area contributed by atoms with Gasteiger partial charge in [0.05, 0.1) is 26.2 Å². The zero-order valence-electron chi connectivity index (χ0n) is 12.7. The van der Waals surface area contributed by atoms with Gasteiger partial charge in [0.15, 0.2) is 0 Å². The summed E-state index contributed by atoms with van der Waals surface area (Å²) in [5.74, 6) is -0.726. The minimum atomic E-state index is -4.26. The Kier molecular flexibility index (Phi) is 8.13. The van der Waals surface area contributed by atoms with Crippen LogP contribution in [-0.4, -0.2) is 56.5 Å². The summed E-state index contributed by atoms with van der Waals surface area (Å²) in [6.07, 6.45) is 0.663. The van der Waals surface area contributed by atoms with E-state index in [1.54, 1.807) is 0 Å². The van der Waals surface area contributed by atoms with Gasteiger partial charge in [-0.3, -0.25) is 9.09 Å². The van der Waals surface area contributed by atoms with E-state index >= 15 is 0 Å². The first-order chi connectivity index (χ1) is 10.2. The van der Waals surface area contributed by atoms with Gasteiger partial charge in [0.2, 0.25) is 0 Å². The molecule has 0 aromatic rings. The Morgan fingerprint density at radius 2 is 1.91 bits per heavy atom. The summed E-state index contributed by atoms with van der Waals surface area (Å²) >= 11 is 0.709. The number of methoxy groups -OCH3 is 1. The minimum Gasteiger partial charge on any atom is -0.379 e. The largest absolute Gasteiger partial charge is 0.483 e. The van der Waals surface area contributed by atoms with Crippen LogP contribution in [0.15, 0.2) is 0 Å². The molecule has 1 rings (SSSR count). The molecule has 0 aliphatic heterocycles. The lowest BCUT2D eigenvalue weighted by Crippen LogP contribution is -2.31. The normalized spacial score (nSPS) is 34.2. The Morgan fingerprint density at radius 1 is 1.27 bits per heavy atom. The molecular formula is C10H21BO8P2S. The van der Waals surface area contributed by atoms with Crippen molar-refractivity contribution in [3.05, 3.63) is 0 Å². The number of ether oxygens (including phenoxy) is 1. The molecular weight excluding hydrogens is 353 g/mol. The van der Waals surface area contributed by atoms with Crippen LogP contribution in [0.4, 0.5) is 0 Å². The van der Waals surface area contributed by atoms with E-state index in [4.69, 9.17) is 17.1 Å². The second-order valence-corrected chi connectivity index (χ2v) is 9.14. The quantitative estimate of drug-likeness (QED) is 0.355. The molecule has 22 heavy (non-hydrogen) atoms.